The molecule has 31 heavy (non-hydrogen) atoms. The number of amides is 1. The number of nitrogens with zero attached hydrogens (tertiary/aromatic N) is 2. The van der Waals surface area contributed by atoms with Crippen molar-refractivity contribution < 1.29 is 17.9 Å². The van der Waals surface area contributed by atoms with Gasteiger partial charge in [0.2, 0.25) is 10.0 Å². The second-order valence-electron chi connectivity index (χ2n) is 6.45. The summed E-state index contributed by atoms with van der Waals surface area (Å²) in [4.78, 5) is 16.9. The van der Waals surface area contributed by atoms with Gasteiger partial charge >= 0.3 is 0 Å². The van der Waals surface area contributed by atoms with E-state index >= 15 is 0 Å². The van der Waals surface area contributed by atoms with Gasteiger partial charge in [0.15, 0.2) is 0 Å². The lowest BCUT2D eigenvalue weighted by molar-refractivity contribution is 0.102. The van der Waals surface area contributed by atoms with E-state index < -0.39 is 15.9 Å². The van der Waals surface area contributed by atoms with Crippen LogP contribution in [0.2, 0.25) is 5.02 Å². The minimum Gasteiger partial charge on any atom is -0.485 e. The van der Waals surface area contributed by atoms with Gasteiger partial charge in [-0.25, -0.2) is 13.4 Å². The van der Waals surface area contributed by atoms with Crippen molar-refractivity contribution in [3.05, 3.63) is 69.6 Å². The number of thiazole rings is 1. The lowest BCUT2D eigenvalue weighted by Crippen LogP contribution is -2.31. The van der Waals surface area contributed by atoms with Crippen molar-refractivity contribution in [2.75, 3.05) is 18.4 Å². The van der Waals surface area contributed by atoms with Crippen LogP contribution in [0, 0.1) is 0 Å². The Hall–Kier alpha value is -2.46. The van der Waals surface area contributed by atoms with E-state index in [1.807, 2.05) is 5.38 Å². The van der Waals surface area contributed by atoms with Gasteiger partial charge in [-0.05, 0) is 30.3 Å². The zero-order valence-electron chi connectivity index (χ0n) is 17.0. The molecule has 1 amide bonds. The summed E-state index contributed by atoms with van der Waals surface area (Å²) in [5, 5.41) is 4.73. The molecule has 1 N–H and O–H groups in total. The highest BCUT2D eigenvalue weighted by Gasteiger charge is 2.25. The lowest BCUT2D eigenvalue weighted by Gasteiger charge is -2.19. The van der Waals surface area contributed by atoms with Crippen LogP contribution in [-0.2, 0) is 16.6 Å². The van der Waals surface area contributed by atoms with Crippen LogP contribution in [0.25, 0.3) is 0 Å². The predicted octanol–water partition coefficient (Wildman–Crippen LogP) is 4.66. The second kappa shape index (κ2) is 10.2. The Morgan fingerprint density at radius 1 is 1.19 bits per heavy atom. The van der Waals surface area contributed by atoms with E-state index in [0.717, 1.165) is 5.69 Å². The summed E-state index contributed by atoms with van der Waals surface area (Å²) in [6.07, 6.45) is 0. The van der Waals surface area contributed by atoms with Crippen LogP contribution in [0.4, 0.5) is 5.69 Å². The number of ether oxygens (including phenoxy) is 1. The van der Waals surface area contributed by atoms with Gasteiger partial charge in [-0.2, -0.15) is 4.31 Å². The average molecular weight is 480 g/mol. The SMILES string of the molecule is CCN(CC)S(=O)(=O)c1cc(C(=O)Nc2ccccc2OCc2cscn2)ccc1Cl. The number of halogens is 1. The first kappa shape index (κ1) is 23.2. The topological polar surface area (TPSA) is 88.6 Å². The van der Waals surface area contributed by atoms with E-state index in [9.17, 15) is 13.2 Å². The fourth-order valence-corrected chi connectivity index (χ4v) is 5.40. The molecule has 7 nitrogen and oxygen atoms in total. The molecule has 0 saturated carbocycles. The number of carbonyl (C=O) groups excluding carboxylic acids is 1. The summed E-state index contributed by atoms with van der Waals surface area (Å²) in [6.45, 7) is 4.36. The first-order chi connectivity index (χ1) is 14.9. The first-order valence-corrected chi connectivity index (χ1v) is 12.3. The molecule has 0 aliphatic rings. The van der Waals surface area contributed by atoms with E-state index in [0.29, 0.717) is 24.5 Å². The first-order valence-electron chi connectivity index (χ1n) is 9.56. The molecule has 0 aliphatic heterocycles. The predicted molar refractivity (Wildman–Crippen MR) is 122 cm³/mol. The quantitative estimate of drug-likeness (QED) is 0.482. The second-order valence-corrected chi connectivity index (χ2v) is 9.49. The third-order valence-electron chi connectivity index (χ3n) is 4.51. The van der Waals surface area contributed by atoms with Crippen LogP contribution >= 0.6 is 22.9 Å². The summed E-state index contributed by atoms with van der Waals surface area (Å²) in [6, 6.07) is 11.2. The lowest BCUT2D eigenvalue weighted by atomic mass is 10.2. The number of rotatable bonds is 9. The largest absolute Gasteiger partial charge is 0.485 e. The van der Waals surface area contributed by atoms with Gasteiger partial charge < -0.3 is 10.1 Å². The molecule has 3 aromatic rings. The number of carbonyl (C=O) groups is 1. The van der Waals surface area contributed by atoms with E-state index in [1.54, 1.807) is 43.6 Å². The van der Waals surface area contributed by atoms with E-state index in [4.69, 9.17) is 16.3 Å². The van der Waals surface area contributed by atoms with Crippen molar-refractivity contribution >= 4 is 44.6 Å². The number of nitrogens with one attached hydrogen (secondary N) is 1. The van der Waals surface area contributed by atoms with Crippen LogP contribution in [0.3, 0.4) is 0 Å². The number of sulfonamides is 1. The summed E-state index contributed by atoms with van der Waals surface area (Å²) >= 11 is 7.63. The molecule has 2 aromatic carbocycles. The maximum Gasteiger partial charge on any atom is 0.255 e. The average Bonchev–Trinajstić information content (AvgIpc) is 3.27. The Kier molecular flexibility index (Phi) is 7.66. The zero-order valence-corrected chi connectivity index (χ0v) is 19.4. The molecule has 0 bridgehead atoms. The fourth-order valence-electron chi connectivity index (χ4n) is 2.90. The van der Waals surface area contributed by atoms with E-state index in [-0.39, 0.29) is 22.1 Å². The van der Waals surface area contributed by atoms with E-state index in [1.165, 1.54) is 33.8 Å². The number of para-hydroxylation sites is 2. The molecule has 10 heteroatoms. The van der Waals surface area contributed by atoms with Crippen LogP contribution in [0.15, 0.2) is 58.3 Å². The van der Waals surface area contributed by atoms with Crippen molar-refractivity contribution in [3.8, 4) is 5.75 Å². The number of benzene rings is 2. The van der Waals surface area contributed by atoms with Gasteiger partial charge in [0, 0.05) is 24.0 Å². The van der Waals surface area contributed by atoms with Gasteiger partial charge in [0.1, 0.15) is 17.3 Å². The summed E-state index contributed by atoms with van der Waals surface area (Å²) < 4.78 is 32.8. The fraction of sp³-hybridized carbons (Fsp3) is 0.238. The molecule has 164 valence electrons. The Labute approximate surface area is 190 Å². The molecular formula is C21H22ClN3O4S2. The molecule has 0 unspecified atom stereocenters. The minimum atomic E-state index is -3.81. The third kappa shape index (κ3) is 5.43. The summed E-state index contributed by atoms with van der Waals surface area (Å²) in [5.74, 6) is 0.00571. The molecule has 0 saturated heterocycles. The number of hydrogen-bond acceptors (Lipinski definition) is 6. The number of anilines is 1. The van der Waals surface area contributed by atoms with Crippen LogP contribution in [-0.4, -0.2) is 36.7 Å². The Bertz CT molecular complexity index is 1150. The summed E-state index contributed by atoms with van der Waals surface area (Å²) in [7, 11) is -3.81. The molecule has 0 spiro atoms. The normalized spacial score (nSPS) is 11.5. The van der Waals surface area contributed by atoms with Crippen molar-refractivity contribution in [2.45, 2.75) is 25.3 Å². The third-order valence-corrected chi connectivity index (χ3v) is 7.68. The maximum atomic E-state index is 12.9. The van der Waals surface area contributed by atoms with Crippen molar-refractivity contribution in [1.82, 2.24) is 9.29 Å². The molecule has 0 radical (unpaired) electrons. The Morgan fingerprint density at radius 2 is 1.94 bits per heavy atom. The zero-order chi connectivity index (χ0) is 22.4. The van der Waals surface area contributed by atoms with Gasteiger partial charge in [0.05, 0.1) is 21.9 Å². The van der Waals surface area contributed by atoms with Crippen molar-refractivity contribution in [3.63, 3.8) is 0 Å². The van der Waals surface area contributed by atoms with E-state index in [2.05, 4.69) is 10.3 Å². The van der Waals surface area contributed by atoms with Crippen LogP contribution < -0.4 is 10.1 Å². The number of aromatic nitrogens is 1. The number of hydrogen-bond donors (Lipinski definition) is 1. The molecular weight excluding hydrogens is 458 g/mol. The molecule has 0 aliphatic carbocycles. The Balaban J connectivity index is 1.83. The standard InChI is InChI=1S/C21H22ClN3O4S2/c1-3-25(4-2)31(27,28)20-11-15(9-10-17(20)22)21(26)24-18-7-5-6-8-19(18)29-12-16-13-30-14-23-16/h5-11,13-14H,3-4,12H2,1-2H3,(H,24,26). The van der Waals surface area contributed by atoms with Crippen molar-refractivity contribution in [2.24, 2.45) is 0 Å². The smallest absolute Gasteiger partial charge is 0.255 e. The molecule has 1 aromatic heterocycles. The maximum absolute atomic E-state index is 12.9. The summed E-state index contributed by atoms with van der Waals surface area (Å²) in [5.41, 5.74) is 3.14. The van der Waals surface area contributed by atoms with Gasteiger partial charge in [0.25, 0.3) is 5.91 Å². The molecule has 3 rings (SSSR count). The highest BCUT2D eigenvalue weighted by Crippen LogP contribution is 2.28. The van der Waals surface area contributed by atoms with Gasteiger partial charge in [-0.15, -0.1) is 11.3 Å². The van der Waals surface area contributed by atoms with Crippen LogP contribution in [0.1, 0.15) is 29.9 Å². The molecule has 0 fully saturated rings. The van der Waals surface area contributed by atoms with Crippen molar-refractivity contribution in [1.29, 1.82) is 0 Å². The molecule has 1 heterocycles. The molecule has 0 atom stereocenters. The Morgan fingerprint density at radius 3 is 2.61 bits per heavy atom. The van der Waals surface area contributed by atoms with Gasteiger partial charge in [-0.1, -0.05) is 37.6 Å². The van der Waals surface area contributed by atoms with Gasteiger partial charge in [-0.3, -0.25) is 4.79 Å². The van der Waals surface area contributed by atoms with Crippen LogP contribution in [0.5, 0.6) is 5.75 Å². The monoisotopic (exact) mass is 479 g/mol. The highest BCUT2D eigenvalue weighted by molar-refractivity contribution is 7.89. The highest BCUT2D eigenvalue weighted by atomic mass is 35.5. The minimum absolute atomic E-state index is 0.0652.